The van der Waals surface area contributed by atoms with Crippen molar-refractivity contribution >= 4 is 20.9 Å². The molecule has 0 spiro atoms. The minimum absolute atomic E-state index is 0.119. The molecule has 8 heteroatoms. The number of fused-ring (bicyclic) bond motifs is 6. The molecule has 2 saturated carbocycles. The summed E-state index contributed by atoms with van der Waals surface area (Å²) >= 11 is 0. The van der Waals surface area contributed by atoms with Crippen molar-refractivity contribution in [2.24, 2.45) is 17.8 Å². The van der Waals surface area contributed by atoms with Gasteiger partial charge in [0, 0.05) is 12.6 Å². The van der Waals surface area contributed by atoms with E-state index in [1.54, 1.807) is 4.31 Å². The van der Waals surface area contributed by atoms with Gasteiger partial charge in [-0.1, -0.05) is 0 Å². The molecule has 7 nitrogen and oxygen atoms in total. The van der Waals surface area contributed by atoms with Crippen LogP contribution in [-0.2, 0) is 10.0 Å². The van der Waals surface area contributed by atoms with Crippen LogP contribution in [0.3, 0.4) is 0 Å². The van der Waals surface area contributed by atoms with Gasteiger partial charge in [-0.25, -0.2) is 13.2 Å². The molecule has 3 fully saturated rings. The molecule has 126 valence electrons. The number of nitrogens with one attached hydrogen (secondary N) is 2. The number of aromatic amines is 2. The SMILES string of the molecule is O=c1[nH]c(=O)c2cc(S(=O)(=O)N3C[C@@H]4[C@H]5CC[C@@H](C5)[C@H]43)ccc2[nH]1. The molecular weight excluding hydrogens is 330 g/mol. The van der Waals surface area contributed by atoms with Gasteiger partial charge >= 0.3 is 5.69 Å². The van der Waals surface area contributed by atoms with E-state index in [0.717, 1.165) is 12.8 Å². The summed E-state index contributed by atoms with van der Waals surface area (Å²) in [7, 11) is -3.61. The molecule has 1 aromatic carbocycles. The molecule has 0 amide bonds. The van der Waals surface area contributed by atoms with E-state index < -0.39 is 21.3 Å². The molecule has 2 aliphatic carbocycles. The van der Waals surface area contributed by atoms with Crippen LogP contribution in [0, 0.1) is 17.8 Å². The zero-order chi connectivity index (χ0) is 16.6. The molecule has 4 atom stereocenters. The van der Waals surface area contributed by atoms with E-state index in [0.29, 0.717) is 29.8 Å². The van der Waals surface area contributed by atoms with Gasteiger partial charge in [0.05, 0.1) is 15.8 Å². The van der Waals surface area contributed by atoms with Crippen molar-refractivity contribution in [3.63, 3.8) is 0 Å². The van der Waals surface area contributed by atoms with Gasteiger partial charge in [-0.05, 0) is 55.2 Å². The van der Waals surface area contributed by atoms with E-state index in [9.17, 15) is 18.0 Å². The van der Waals surface area contributed by atoms with Crippen molar-refractivity contribution in [3.8, 4) is 0 Å². The third-order valence-electron chi connectivity index (χ3n) is 6.08. The number of aromatic nitrogens is 2. The number of sulfonamides is 1. The summed E-state index contributed by atoms with van der Waals surface area (Å²) in [4.78, 5) is 28.0. The summed E-state index contributed by atoms with van der Waals surface area (Å²) in [6.07, 6.45) is 3.51. The molecule has 0 radical (unpaired) electrons. The lowest BCUT2D eigenvalue weighted by Gasteiger charge is -2.49. The first-order chi connectivity index (χ1) is 11.4. The molecule has 2 heterocycles. The fourth-order valence-corrected chi connectivity index (χ4v) is 6.77. The zero-order valence-electron chi connectivity index (χ0n) is 12.9. The van der Waals surface area contributed by atoms with Gasteiger partial charge in [-0.15, -0.1) is 0 Å². The summed E-state index contributed by atoms with van der Waals surface area (Å²) in [6.45, 7) is 0.591. The highest BCUT2D eigenvalue weighted by molar-refractivity contribution is 7.89. The second kappa shape index (κ2) is 4.58. The van der Waals surface area contributed by atoms with Gasteiger partial charge in [0.25, 0.3) is 5.56 Å². The topological polar surface area (TPSA) is 103 Å². The molecule has 24 heavy (non-hydrogen) atoms. The molecule has 1 aromatic heterocycles. The first kappa shape index (κ1) is 14.4. The maximum atomic E-state index is 13.0. The molecule has 1 saturated heterocycles. The van der Waals surface area contributed by atoms with E-state index in [1.807, 2.05) is 0 Å². The molecule has 2 N–H and O–H groups in total. The predicted octanol–water partition coefficient (Wildman–Crippen LogP) is 0.635. The van der Waals surface area contributed by atoms with E-state index >= 15 is 0 Å². The smallest absolute Gasteiger partial charge is 0.307 e. The van der Waals surface area contributed by atoms with Gasteiger partial charge < -0.3 is 4.98 Å². The average Bonchev–Trinajstić information content (AvgIpc) is 3.02. The second-order valence-electron chi connectivity index (χ2n) is 7.18. The van der Waals surface area contributed by atoms with Gasteiger partial charge in [-0.2, -0.15) is 4.31 Å². The van der Waals surface area contributed by atoms with Crippen LogP contribution in [0.2, 0.25) is 0 Å². The molecule has 0 unspecified atom stereocenters. The van der Waals surface area contributed by atoms with Crippen LogP contribution in [0.25, 0.3) is 10.9 Å². The third kappa shape index (κ3) is 1.78. The van der Waals surface area contributed by atoms with Crippen molar-refractivity contribution in [2.75, 3.05) is 6.54 Å². The van der Waals surface area contributed by atoms with Crippen molar-refractivity contribution in [1.29, 1.82) is 0 Å². The Hall–Kier alpha value is -1.93. The number of rotatable bonds is 2. The van der Waals surface area contributed by atoms with Crippen molar-refractivity contribution < 1.29 is 8.42 Å². The van der Waals surface area contributed by atoms with Gasteiger partial charge in [0.2, 0.25) is 10.0 Å². The van der Waals surface area contributed by atoms with Crippen LogP contribution < -0.4 is 11.2 Å². The molecule has 2 aromatic rings. The maximum Gasteiger partial charge on any atom is 0.326 e. The monoisotopic (exact) mass is 347 g/mol. The summed E-state index contributed by atoms with van der Waals surface area (Å²) in [5.74, 6) is 1.69. The van der Waals surface area contributed by atoms with Crippen LogP contribution in [0.4, 0.5) is 0 Å². The highest BCUT2D eigenvalue weighted by atomic mass is 32.2. The van der Waals surface area contributed by atoms with Gasteiger partial charge in [-0.3, -0.25) is 9.78 Å². The van der Waals surface area contributed by atoms with Crippen LogP contribution in [0.1, 0.15) is 19.3 Å². The number of hydrogen-bond donors (Lipinski definition) is 2. The van der Waals surface area contributed by atoms with Crippen LogP contribution in [0.5, 0.6) is 0 Å². The average molecular weight is 347 g/mol. The highest BCUT2D eigenvalue weighted by Crippen LogP contribution is 2.56. The Morgan fingerprint density at radius 1 is 1.08 bits per heavy atom. The number of benzene rings is 1. The maximum absolute atomic E-state index is 13.0. The van der Waals surface area contributed by atoms with Crippen molar-refractivity contribution in [3.05, 3.63) is 39.0 Å². The fourth-order valence-electron chi connectivity index (χ4n) is 4.98. The number of hydrogen-bond acceptors (Lipinski definition) is 4. The Labute approximate surface area is 137 Å². The Balaban J connectivity index is 1.57. The summed E-state index contributed by atoms with van der Waals surface area (Å²) < 4.78 is 27.6. The Kier molecular flexibility index (Phi) is 2.75. The molecular formula is C16H17N3O4S. The van der Waals surface area contributed by atoms with E-state index in [1.165, 1.54) is 24.6 Å². The third-order valence-corrected chi connectivity index (χ3v) is 7.94. The molecule has 5 rings (SSSR count). The first-order valence-corrected chi connectivity index (χ1v) is 9.67. The lowest BCUT2D eigenvalue weighted by Crippen LogP contribution is -2.60. The molecule has 1 aliphatic heterocycles. The first-order valence-electron chi connectivity index (χ1n) is 8.23. The van der Waals surface area contributed by atoms with Crippen LogP contribution in [0.15, 0.2) is 32.7 Å². The van der Waals surface area contributed by atoms with Gasteiger partial charge in [0.15, 0.2) is 0 Å². The lowest BCUT2D eigenvalue weighted by atomic mass is 9.79. The minimum atomic E-state index is -3.61. The zero-order valence-corrected chi connectivity index (χ0v) is 13.7. The highest BCUT2D eigenvalue weighted by Gasteiger charge is 2.59. The van der Waals surface area contributed by atoms with E-state index in [-0.39, 0.29) is 16.3 Å². The normalized spacial score (nSPS) is 32.0. The van der Waals surface area contributed by atoms with E-state index in [2.05, 4.69) is 9.97 Å². The summed E-state index contributed by atoms with van der Waals surface area (Å²) in [5, 5.41) is 0.181. The largest absolute Gasteiger partial charge is 0.326 e. The van der Waals surface area contributed by atoms with Crippen LogP contribution >= 0.6 is 0 Å². The molecule has 3 aliphatic rings. The second-order valence-corrected chi connectivity index (χ2v) is 9.07. The van der Waals surface area contributed by atoms with Crippen molar-refractivity contribution in [1.82, 2.24) is 14.3 Å². The molecule has 2 bridgehead atoms. The quantitative estimate of drug-likeness (QED) is 0.832. The fraction of sp³-hybridized carbons (Fsp3) is 0.500. The lowest BCUT2D eigenvalue weighted by molar-refractivity contribution is 0.0507. The Morgan fingerprint density at radius 3 is 2.67 bits per heavy atom. The Bertz CT molecular complexity index is 1070. The Morgan fingerprint density at radius 2 is 1.88 bits per heavy atom. The summed E-state index contributed by atoms with van der Waals surface area (Å²) in [6, 6.07) is 4.45. The van der Waals surface area contributed by atoms with Crippen LogP contribution in [-0.4, -0.2) is 35.3 Å². The van der Waals surface area contributed by atoms with E-state index in [4.69, 9.17) is 0 Å². The predicted molar refractivity (Wildman–Crippen MR) is 87.2 cm³/mol. The summed E-state index contributed by atoms with van der Waals surface area (Å²) in [5.41, 5.74) is -0.841. The van der Waals surface area contributed by atoms with Gasteiger partial charge in [0.1, 0.15) is 0 Å². The minimum Gasteiger partial charge on any atom is -0.307 e. The standard InChI is InChI=1S/C16H17N3O4S/c20-15-11-6-10(3-4-13(11)17-16(21)18-15)24(22,23)19-7-12-8-1-2-9(5-8)14(12)19/h3-4,6,8-9,12,14H,1-2,5,7H2,(H2,17,18,20,21)/t8-,9-,12+,14+/m0/s1. The number of H-pyrrole nitrogens is 2. The number of nitrogens with zero attached hydrogens (tertiary/aromatic N) is 1. The van der Waals surface area contributed by atoms with Crippen molar-refractivity contribution in [2.45, 2.75) is 30.2 Å².